The standard InChI is InChI=1S/C26H27ClN2O2S/c1-19-6-8-20(9-7-19)18-31-24-11-10-21(16-25(24)30-2)26(32)29-14-12-28(13-15-29)23-5-3-4-22(27)17-23/h3-11,16-17H,12-15,18H2,1-2H3. The number of nitrogens with zero attached hydrogens (tertiary/aromatic N) is 2. The Morgan fingerprint density at radius 3 is 2.38 bits per heavy atom. The number of methoxy groups -OCH3 is 1. The number of rotatable bonds is 6. The van der Waals surface area contributed by atoms with Crippen molar-refractivity contribution >= 4 is 34.5 Å². The third kappa shape index (κ3) is 5.34. The zero-order chi connectivity index (χ0) is 22.5. The van der Waals surface area contributed by atoms with Gasteiger partial charge < -0.3 is 19.3 Å². The molecule has 0 radical (unpaired) electrons. The smallest absolute Gasteiger partial charge is 0.161 e. The van der Waals surface area contributed by atoms with E-state index < -0.39 is 0 Å². The van der Waals surface area contributed by atoms with Crippen LogP contribution in [0.3, 0.4) is 0 Å². The molecule has 0 spiro atoms. The van der Waals surface area contributed by atoms with E-state index in [1.807, 2.05) is 36.4 Å². The van der Waals surface area contributed by atoms with Gasteiger partial charge in [0, 0.05) is 42.5 Å². The van der Waals surface area contributed by atoms with E-state index in [9.17, 15) is 0 Å². The van der Waals surface area contributed by atoms with Gasteiger partial charge in [0.2, 0.25) is 0 Å². The molecule has 1 heterocycles. The van der Waals surface area contributed by atoms with Gasteiger partial charge in [-0.05, 0) is 48.9 Å². The van der Waals surface area contributed by atoms with Crippen LogP contribution in [0.2, 0.25) is 5.02 Å². The minimum atomic E-state index is 0.492. The monoisotopic (exact) mass is 466 g/mol. The Labute approximate surface area is 200 Å². The maximum absolute atomic E-state index is 6.15. The summed E-state index contributed by atoms with van der Waals surface area (Å²) in [5.41, 5.74) is 4.47. The number of ether oxygens (including phenoxy) is 2. The summed E-state index contributed by atoms with van der Waals surface area (Å²) in [7, 11) is 1.66. The first-order valence-electron chi connectivity index (χ1n) is 10.7. The Balaban J connectivity index is 1.39. The predicted molar refractivity (Wildman–Crippen MR) is 135 cm³/mol. The van der Waals surface area contributed by atoms with Crippen molar-refractivity contribution in [2.24, 2.45) is 0 Å². The molecule has 1 fully saturated rings. The molecule has 1 aliphatic heterocycles. The second-order valence-electron chi connectivity index (χ2n) is 7.90. The zero-order valence-corrected chi connectivity index (χ0v) is 20.0. The molecule has 1 saturated heterocycles. The highest BCUT2D eigenvalue weighted by Gasteiger charge is 2.21. The number of thiocarbonyl (C=S) groups is 1. The van der Waals surface area contributed by atoms with E-state index >= 15 is 0 Å². The van der Waals surface area contributed by atoms with Crippen LogP contribution in [0, 0.1) is 6.92 Å². The number of anilines is 1. The van der Waals surface area contributed by atoms with Gasteiger partial charge in [0.05, 0.1) is 7.11 Å². The van der Waals surface area contributed by atoms with Crippen LogP contribution in [0.15, 0.2) is 66.7 Å². The molecule has 0 amide bonds. The summed E-state index contributed by atoms with van der Waals surface area (Å²) in [6, 6.07) is 22.2. The van der Waals surface area contributed by atoms with Crippen LogP contribution in [-0.4, -0.2) is 43.2 Å². The van der Waals surface area contributed by atoms with Crippen molar-refractivity contribution in [3.63, 3.8) is 0 Å². The highest BCUT2D eigenvalue weighted by Crippen LogP contribution is 2.30. The average Bonchev–Trinajstić information content (AvgIpc) is 2.83. The molecule has 32 heavy (non-hydrogen) atoms. The minimum absolute atomic E-state index is 0.492. The summed E-state index contributed by atoms with van der Waals surface area (Å²) in [6.45, 7) is 6.09. The van der Waals surface area contributed by atoms with Crippen LogP contribution < -0.4 is 14.4 Å². The number of halogens is 1. The topological polar surface area (TPSA) is 24.9 Å². The molecule has 0 saturated carbocycles. The van der Waals surface area contributed by atoms with Gasteiger partial charge in [-0.15, -0.1) is 0 Å². The molecule has 0 atom stereocenters. The molecule has 0 aliphatic carbocycles. The lowest BCUT2D eigenvalue weighted by Crippen LogP contribution is -2.48. The Bertz CT molecular complexity index is 1080. The molecule has 166 valence electrons. The molecule has 0 N–H and O–H groups in total. The van der Waals surface area contributed by atoms with Crippen molar-refractivity contribution in [3.05, 3.63) is 88.4 Å². The normalized spacial score (nSPS) is 13.7. The summed E-state index contributed by atoms with van der Waals surface area (Å²) in [4.78, 5) is 5.42. The number of benzene rings is 3. The highest BCUT2D eigenvalue weighted by molar-refractivity contribution is 7.80. The van der Waals surface area contributed by atoms with Gasteiger partial charge in [-0.25, -0.2) is 0 Å². The van der Waals surface area contributed by atoms with Gasteiger partial charge in [-0.1, -0.05) is 59.7 Å². The first-order valence-corrected chi connectivity index (χ1v) is 11.5. The van der Waals surface area contributed by atoms with Crippen LogP contribution in [0.25, 0.3) is 0 Å². The quantitative estimate of drug-likeness (QED) is 0.432. The van der Waals surface area contributed by atoms with Crippen molar-refractivity contribution in [2.45, 2.75) is 13.5 Å². The molecule has 0 unspecified atom stereocenters. The molecule has 3 aromatic carbocycles. The second kappa shape index (κ2) is 10.2. The fourth-order valence-corrected chi connectivity index (χ4v) is 4.28. The van der Waals surface area contributed by atoms with Crippen molar-refractivity contribution in [3.8, 4) is 11.5 Å². The lowest BCUT2D eigenvalue weighted by atomic mass is 10.1. The van der Waals surface area contributed by atoms with E-state index in [1.165, 1.54) is 5.56 Å². The second-order valence-corrected chi connectivity index (χ2v) is 8.72. The molecule has 6 heteroatoms. The third-order valence-electron chi connectivity index (χ3n) is 5.67. The molecule has 4 nitrogen and oxygen atoms in total. The fourth-order valence-electron chi connectivity index (χ4n) is 3.79. The number of hydrogen-bond donors (Lipinski definition) is 0. The molecule has 0 aromatic heterocycles. The van der Waals surface area contributed by atoms with Crippen LogP contribution in [-0.2, 0) is 6.61 Å². The fraction of sp³-hybridized carbons (Fsp3) is 0.269. The lowest BCUT2D eigenvalue weighted by Gasteiger charge is -2.37. The Morgan fingerprint density at radius 1 is 0.938 bits per heavy atom. The lowest BCUT2D eigenvalue weighted by molar-refractivity contribution is 0.284. The van der Waals surface area contributed by atoms with Crippen molar-refractivity contribution in [2.75, 3.05) is 38.2 Å². The van der Waals surface area contributed by atoms with Crippen LogP contribution in [0.1, 0.15) is 16.7 Å². The number of hydrogen-bond acceptors (Lipinski definition) is 4. The Hall–Kier alpha value is -2.76. The SMILES string of the molecule is COc1cc(C(=S)N2CCN(c3cccc(Cl)c3)CC2)ccc1OCc1ccc(C)cc1. The predicted octanol–water partition coefficient (Wildman–Crippen LogP) is 5.73. The van der Waals surface area contributed by atoms with Crippen LogP contribution in [0.4, 0.5) is 5.69 Å². The molecule has 0 bridgehead atoms. The summed E-state index contributed by atoms with van der Waals surface area (Å²) < 4.78 is 11.6. The van der Waals surface area contributed by atoms with Crippen LogP contribution in [0.5, 0.6) is 11.5 Å². The first-order chi connectivity index (χ1) is 15.5. The zero-order valence-electron chi connectivity index (χ0n) is 18.4. The van der Waals surface area contributed by atoms with E-state index in [0.717, 1.165) is 53.0 Å². The maximum Gasteiger partial charge on any atom is 0.161 e. The Morgan fingerprint density at radius 2 is 1.69 bits per heavy atom. The van der Waals surface area contributed by atoms with Gasteiger partial charge in [0.25, 0.3) is 0 Å². The van der Waals surface area contributed by atoms with Crippen molar-refractivity contribution < 1.29 is 9.47 Å². The Kier molecular flexibility index (Phi) is 7.18. The summed E-state index contributed by atoms with van der Waals surface area (Å²) >= 11 is 12.0. The maximum atomic E-state index is 6.15. The van der Waals surface area contributed by atoms with Gasteiger partial charge >= 0.3 is 0 Å². The van der Waals surface area contributed by atoms with Crippen molar-refractivity contribution in [1.29, 1.82) is 0 Å². The van der Waals surface area contributed by atoms with Gasteiger partial charge in [-0.2, -0.15) is 0 Å². The molecule has 3 aromatic rings. The molecular formula is C26H27ClN2O2S. The van der Waals surface area contributed by atoms with Gasteiger partial charge in [0.1, 0.15) is 11.6 Å². The van der Waals surface area contributed by atoms with Gasteiger partial charge in [0.15, 0.2) is 11.5 Å². The number of piperazine rings is 1. The molecule has 4 rings (SSSR count). The largest absolute Gasteiger partial charge is 0.493 e. The molecular weight excluding hydrogens is 440 g/mol. The van der Waals surface area contributed by atoms with E-state index in [2.05, 4.69) is 47.1 Å². The third-order valence-corrected chi connectivity index (χ3v) is 6.39. The van der Waals surface area contributed by atoms with Crippen LogP contribution >= 0.6 is 23.8 Å². The van der Waals surface area contributed by atoms with Crippen molar-refractivity contribution in [1.82, 2.24) is 4.90 Å². The minimum Gasteiger partial charge on any atom is -0.493 e. The summed E-state index contributed by atoms with van der Waals surface area (Å²) in [5.74, 6) is 1.40. The van der Waals surface area contributed by atoms with E-state index in [-0.39, 0.29) is 0 Å². The first kappa shape index (κ1) is 22.4. The van der Waals surface area contributed by atoms with Gasteiger partial charge in [-0.3, -0.25) is 0 Å². The van der Waals surface area contributed by atoms with E-state index in [0.29, 0.717) is 18.1 Å². The highest BCUT2D eigenvalue weighted by atomic mass is 35.5. The number of aryl methyl sites for hydroxylation is 1. The summed E-state index contributed by atoms with van der Waals surface area (Å²) in [6.07, 6.45) is 0. The van der Waals surface area contributed by atoms with E-state index in [1.54, 1.807) is 7.11 Å². The average molecular weight is 467 g/mol. The van der Waals surface area contributed by atoms with E-state index in [4.69, 9.17) is 33.3 Å². The molecule has 1 aliphatic rings. The summed E-state index contributed by atoms with van der Waals surface area (Å²) in [5, 5.41) is 0.761.